The number of halogens is 1. The lowest BCUT2D eigenvalue weighted by Gasteiger charge is -2.29. The number of nitrogens with zero attached hydrogens (tertiary/aromatic N) is 1. The molecule has 4 nitrogen and oxygen atoms in total. The molecule has 0 aromatic heterocycles. The third kappa shape index (κ3) is 5.14. The van der Waals surface area contributed by atoms with Gasteiger partial charge in [-0.2, -0.15) is 0 Å². The smallest absolute Gasteiger partial charge is 0.227 e. The summed E-state index contributed by atoms with van der Waals surface area (Å²) in [5.41, 5.74) is 2.03. The van der Waals surface area contributed by atoms with Gasteiger partial charge in [0.2, 0.25) is 11.8 Å². The minimum atomic E-state index is -0.0854. The second kappa shape index (κ2) is 9.42. The van der Waals surface area contributed by atoms with Gasteiger partial charge < -0.3 is 10.2 Å². The molecule has 2 aromatic rings. The lowest BCUT2D eigenvalue weighted by molar-refractivity contribution is -0.125. The molecule has 0 saturated heterocycles. The lowest BCUT2D eigenvalue weighted by Crippen LogP contribution is -2.36. The number of anilines is 1. The van der Waals surface area contributed by atoms with E-state index in [2.05, 4.69) is 21.2 Å². The quantitative estimate of drug-likeness (QED) is 0.683. The number of amides is 2. The Morgan fingerprint density at radius 1 is 1.15 bits per heavy atom. The van der Waals surface area contributed by atoms with Crippen molar-refractivity contribution in [1.29, 1.82) is 0 Å². The summed E-state index contributed by atoms with van der Waals surface area (Å²) in [6.07, 6.45) is 1.23. The summed E-state index contributed by atoms with van der Waals surface area (Å²) >= 11 is 5.19. The van der Waals surface area contributed by atoms with E-state index in [-0.39, 0.29) is 30.7 Å². The molecule has 2 aromatic carbocycles. The average Bonchev–Trinajstić information content (AvgIpc) is 2.70. The number of carbonyl (C=O) groups is 2. The molecule has 1 N–H and O–H groups in total. The molecule has 0 bridgehead atoms. The molecule has 0 fully saturated rings. The Morgan fingerprint density at radius 2 is 1.89 bits per heavy atom. The monoisotopic (exact) mass is 446 g/mol. The Kier molecular flexibility index (Phi) is 6.96. The highest BCUT2D eigenvalue weighted by atomic mass is 79.9. The van der Waals surface area contributed by atoms with Gasteiger partial charge in [-0.25, -0.2) is 0 Å². The summed E-state index contributed by atoms with van der Waals surface area (Å²) in [6.45, 7) is 2.74. The van der Waals surface area contributed by atoms with Crippen LogP contribution in [0.4, 0.5) is 5.69 Å². The van der Waals surface area contributed by atoms with Crippen molar-refractivity contribution in [1.82, 2.24) is 5.32 Å². The van der Waals surface area contributed by atoms with Crippen molar-refractivity contribution in [3.8, 4) is 0 Å². The van der Waals surface area contributed by atoms with Gasteiger partial charge >= 0.3 is 0 Å². The van der Waals surface area contributed by atoms with Gasteiger partial charge in [0, 0.05) is 34.5 Å². The van der Waals surface area contributed by atoms with Gasteiger partial charge in [-0.15, -0.1) is 11.8 Å². The molecule has 1 unspecified atom stereocenters. The number of para-hydroxylation sites is 1. The zero-order chi connectivity index (χ0) is 19.2. The highest BCUT2D eigenvalue weighted by Gasteiger charge is 2.23. The first-order chi connectivity index (χ1) is 13.1. The van der Waals surface area contributed by atoms with Crippen LogP contribution in [0.5, 0.6) is 0 Å². The van der Waals surface area contributed by atoms with E-state index in [4.69, 9.17) is 0 Å². The number of carbonyl (C=O) groups excluding carboxylic acids is 2. The van der Waals surface area contributed by atoms with Crippen molar-refractivity contribution in [3.05, 3.63) is 58.6 Å². The number of nitrogens with one attached hydrogen (secondary N) is 1. The van der Waals surface area contributed by atoms with E-state index in [1.807, 2.05) is 60.4 Å². The van der Waals surface area contributed by atoms with Crippen LogP contribution in [0.15, 0.2) is 57.9 Å². The number of hydrogen-bond acceptors (Lipinski definition) is 3. The first-order valence-electron chi connectivity index (χ1n) is 9.15. The molecule has 142 valence electrons. The highest BCUT2D eigenvalue weighted by Crippen LogP contribution is 2.34. The Bertz CT molecular complexity index is 810. The number of benzene rings is 2. The summed E-state index contributed by atoms with van der Waals surface area (Å²) in [4.78, 5) is 28.0. The zero-order valence-electron chi connectivity index (χ0n) is 15.3. The average molecular weight is 447 g/mol. The van der Waals surface area contributed by atoms with Crippen LogP contribution in [0.25, 0.3) is 0 Å². The largest absolute Gasteiger partial charge is 0.349 e. The molecule has 3 rings (SSSR count). The van der Waals surface area contributed by atoms with Crippen molar-refractivity contribution >= 4 is 45.2 Å². The van der Waals surface area contributed by atoms with E-state index in [1.54, 1.807) is 11.8 Å². The minimum absolute atomic E-state index is 0.00888. The van der Waals surface area contributed by atoms with Crippen molar-refractivity contribution in [2.24, 2.45) is 0 Å². The van der Waals surface area contributed by atoms with Crippen molar-refractivity contribution in [2.45, 2.75) is 37.1 Å². The van der Waals surface area contributed by atoms with Crippen LogP contribution in [0.3, 0.4) is 0 Å². The standard InChI is InChI=1S/C21H23BrN2O2S/c1-2-17(15-7-9-16(22)10-8-15)23-20(25)11-12-21(26)24-13-14-27-19-6-4-3-5-18(19)24/h3-10,17H,2,11-14H2,1H3,(H,23,25). The van der Waals surface area contributed by atoms with E-state index in [0.717, 1.165) is 32.8 Å². The predicted octanol–water partition coefficient (Wildman–Crippen LogP) is 4.94. The van der Waals surface area contributed by atoms with E-state index < -0.39 is 0 Å². The SMILES string of the molecule is CCC(NC(=O)CCC(=O)N1CCSc2ccccc21)c1ccc(Br)cc1. The highest BCUT2D eigenvalue weighted by molar-refractivity contribution is 9.10. The molecule has 1 atom stereocenters. The van der Waals surface area contributed by atoms with Gasteiger partial charge in [-0.1, -0.05) is 47.1 Å². The third-order valence-corrected chi connectivity index (χ3v) is 6.18. The Hall–Kier alpha value is -1.79. The van der Waals surface area contributed by atoms with Crippen molar-refractivity contribution in [3.63, 3.8) is 0 Å². The first-order valence-corrected chi connectivity index (χ1v) is 10.9. The molecule has 1 aliphatic heterocycles. The van der Waals surface area contributed by atoms with Crippen LogP contribution >= 0.6 is 27.7 Å². The first kappa shape index (κ1) is 20.0. The second-order valence-electron chi connectivity index (χ2n) is 6.44. The summed E-state index contributed by atoms with van der Waals surface area (Å²) < 4.78 is 1.01. The molecule has 1 aliphatic rings. The van der Waals surface area contributed by atoms with E-state index in [9.17, 15) is 9.59 Å². The topological polar surface area (TPSA) is 49.4 Å². The lowest BCUT2D eigenvalue weighted by atomic mass is 10.0. The summed E-state index contributed by atoms with van der Waals surface area (Å²) in [7, 11) is 0. The molecule has 0 aliphatic carbocycles. The maximum Gasteiger partial charge on any atom is 0.227 e. The van der Waals surface area contributed by atoms with Crippen LogP contribution in [-0.2, 0) is 9.59 Å². The summed E-state index contributed by atoms with van der Waals surface area (Å²) in [5.74, 6) is 0.809. The van der Waals surface area contributed by atoms with Gasteiger partial charge in [0.25, 0.3) is 0 Å². The summed E-state index contributed by atoms with van der Waals surface area (Å²) in [6, 6.07) is 15.9. The van der Waals surface area contributed by atoms with Crippen LogP contribution in [0.2, 0.25) is 0 Å². The van der Waals surface area contributed by atoms with Crippen molar-refractivity contribution in [2.75, 3.05) is 17.2 Å². The molecule has 2 amide bonds. The van der Waals surface area contributed by atoms with Crippen LogP contribution in [-0.4, -0.2) is 24.1 Å². The summed E-state index contributed by atoms with van der Waals surface area (Å²) in [5, 5.41) is 3.05. The molecule has 1 heterocycles. The zero-order valence-corrected chi connectivity index (χ0v) is 17.7. The number of rotatable bonds is 6. The van der Waals surface area contributed by atoms with E-state index in [1.165, 1.54) is 0 Å². The van der Waals surface area contributed by atoms with Crippen molar-refractivity contribution < 1.29 is 9.59 Å². The predicted molar refractivity (Wildman–Crippen MR) is 114 cm³/mol. The van der Waals surface area contributed by atoms with E-state index in [0.29, 0.717) is 6.54 Å². The van der Waals surface area contributed by atoms with Gasteiger partial charge in [0.05, 0.1) is 11.7 Å². The number of fused-ring (bicyclic) bond motifs is 1. The fourth-order valence-corrected chi connectivity index (χ4v) is 4.43. The molecular formula is C21H23BrN2O2S. The Morgan fingerprint density at radius 3 is 2.63 bits per heavy atom. The molecule has 27 heavy (non-hydrogen) atoms. The second-order valence-corrected chi connectivity index (χ2v) is 8.49. The molecule has 0 spiro atoms. The molecule has 0 saturated carbocycles. The van der Waals surface area contributed by atoms with Crippen LogP contribution in [0.1, 0.15) is 37.8 Å². The fourth-order valence-electron chi connectivity index (χ4n) is 3.17. The van der Waals surface area contributed by atoms with Gasteiger partial charge in [-0.05, 0) is 36.2 Å². The van der Waals surface area contributed by atoms with Gasteiger partial charge in [0.15, 0.2) is 0 Å². The Labute approximate surface area is 172 Å². The fraction of sp³-hybridized carbons (Fsp3) is 0.333. The molecule has 6 heteroatoms. The minimum Gasteiger partial charge on any atom is -0.349 e. The number of hydrogen-bond donors (Lipinski definition) is 1. The van der Waals surface area contributed by atoms with E-state index >= 15 is 0 Å². The maximum absolute atomic E-state index is 12.7. The normalized spacial score (nSPS) is 14.4. The third-order valence-electron chi connectivity index (χ3n) is 4.61. The Balaban J connectivity index is 1.56. The number of thioether (sulfide) groups is 1. The molecular weight excluding hydrogens is 424 g/mol. The van der Waals surface area contributed by atoms with Gasteiger partial charge in [-0.3, -0.25) is 9.59 Å². The van der Waals surface area contributed by atoms with Crippen LogP contribution < -0.4 is 10.2 Å². The van der Waals surface area contributed by atoms with Crippen LogP contribution in [0, 0.1) is 0 Å². The van der Waals surface area contributed by atoms with Gasteiger partial charge in [0.1, 0.15) is 0 Å². The molecule has 0 radical (unpaired) electrons. The maximum atomic E-state index is 12.7.